The van der Waals surface area contributed by atoms with Crippen LogP contribution in [0.4, 0.5) is 0 Å². The summed E-state index contributed by atoms with van der Waals surface area (Å²) in [7, 11) is 2.32. The summed E-state index contributed by atoms with van der Waals surface area (Å²) in [6.07, 6.45) is 5.34. The van der Waals surface area contributed by atoms with E-state index >= 15 is 0 Å². The van der Waals surface area contributed by atoms with Crippen LogP contribution in [0.1, 0.15) is 25.7 Å². The van der Waals surface area contributed by atoms with Crippen LogP contribution in [0.3, 0.4) is 0 Å². The molecule has 0 spiro atoms. The minimum absolute atomic E-state index is 0.390. The molecule has 2 heterocycles. The van der Waals surface area contributed by atoms with Crippen LogP contribution >= 0.6 is 0 Å². The maximum atomic E-state index is 9.25. The highest BCUT2D eigenvalue weighted by atomic mass is 16.3. The maximum Gasteiger partial charge on any atom is 0.137 e. The van der Waals surface area contributed by atoms with E-state index in [1.54, 1.807) is 9.80 Å². The van der Waals surface area contributed by atoms with Gasteiger partial charge in [0.25, 0.3) is 0 Å². The fraction of sp³-hybridized carbons (Fsp3) is 1.00. The molecule has 4 atom stereocenters. The lowest BCUT2D eigenvalue weighted by Crippen LogP contribution is -3.21. The van der Waals surface area contributed by atoms with E-state index in [-0.39, 0.29) is 0 Å². The molecule has 2 saturated heterocycles. The third kappa shape index (κ3) is 2.10. The lowest BCUT2D eigenvalue weighted by molar-refractivity contribution is -0.966. The molecule has 3 heteroatoms. The second-order valence-corrected chi connectivity index (χ2v) is 5.07. The molecule has 0 bridgehead atoms. The zero-order valence-corrected chi connectivity index (χ0v) is 9.26. The first-order valence-electron chi connectivity index (χ1n) is 6.09. The molecule has 2 rings (SSSR count). The number of rotatable bonds is 3. The Morgan fingerprint density at radius 2 is 1.86 bits per heavy atom. The highest BCUT2D eigenvalue weighted by Gasteiger charge is 2.34. The van der Waals surface area contributed by atoms with Crippen LogP contribution in [0.2, 0.25) is 0 Å². The van der Waals surface area contributed by atoms with Gasteiger partial charge in [-0.2, -0.15) is 0 Å². The van der Waals surface area contributed by atoms with Crippen LogP contribution in [0.25, 0.3) is 0 Å². The van der Waals surface area contributed by atoms with Crippen LogP contribution < -0.4 is 9.80 Å². The third-order valence-electron chi connectivity index (χ3n) is 4.18. The topological polar surface area (TPSA) is 29.1 Å². The number of hydrogen-bond donors (Lipinski definition) is 3. The number of nitrogens with one attached hydrogen (secondary N) is 2. The maximum absolute atomic E-state index is 9.25. The molecular weight excluding hydrogens is 176 g/mol. The first-order chi connectivity index (χ1) is 6.81. The Hall–Kier alpha value is -0.120. The highest BCUT2D eigenvalue weighted by Crippen LogP contribution is 2.01. The SMILES string of the molecule is C[NH+]1CCC[C@H]1C[NH+]1CCC[C@@H]1CO. The lowest BCUT2D eigenvalue weighted by atomic mass is 10.2. The molecule has 2 aliphatic heterocycles. The Labute approximate surface area is 86.7 Å². The molecule has 0 saturated carbocycles. The van der Waals surface area contributed by atoms with Gasteiger partial charge in [-0.1, -0.05) is 0 Å². The Bertz CT molecular complexity index is 186. The van der Waals surface area contributed by atoms with Gasteiger partial charge in [0.2, 0.25) is 0 Å². The molecule has 0 radical (unpaired) electrons. The summed E-state index contributed by atoms with van der Waals surface area (Å²) in [5.74, 6) is 0. The van der Waals surface area contributed by atoms with Crippen molar-refractivity contribution in [3.8, 4) is 0 Å². The van der Waals surface area contributed by atoms with E-state index in [0.29, 0.717) is 12.6 Å². The first kappa shape index (κ1) is 10.4. The molecule has 2 aliphatic rings. The van der Waals surface area contributed by atoms with E-state index < -0.39 is 0 Å². The molecule has 2 unspecified atom stereocenters. The number of likely N-dealkylation sites (tertiary alicyclic amines) is 2. The van der Waals surface area contributed by atoms with Crippen molar-refractivity contribution in [3.05, 3.63) is 0 Å². The smallest absolute Gasteiger partial charge is 0.137 e. The van der Waals surface area contributed by atoms with E-state index in [2.05, 4.69) is 7.05 Å². The van der Waals surface area contributed by atoms with E-state index in [1.165, 1.54) is 45.3 Å². The second kappa shape index (κ2) is 4.60. The Morgan fingerprint density at radius 3 is 2.50 bits per heavy atom. The Morgan fingerprint density at radius 1 is 1.14 bits per heavy atom. The van der Waals surface area contributed by atoms with Crippen molar-refractivity contribution < 1.29 is 14.9 Å². The van der Waals surface area contributed by atoms with Gasteiger partial charge in [0.15, 0.2) is 0 Å². The number of likely N-dealkylation sites (N-methyl/N-ethyl adjacent to an activating group) is 1. The molecule has 3 nitrogen and oxygen atoms in total. The predicted molar refractivity (Wildman–Crippen MR) is 55.6 cm³/mol. The summed E-state index contributed by atoms with van der Waals surface area (Å²) in [5.41, 5.74) is 0. The molecule has 82 valence electrons. The van der Waals surface area contributed by atoms with Crippen LogP contribution in [0.15, 0.2) is 0 Å². The van der Waals surface area contributed by atoms with Gasteiger partial charge >= 0.3 is 0 Å². The minimum Gasteiger partial charge on any atom is -0.390 e. The van der Waals surface area contributed by atoms with Gasteiger partial charge in [0.1, 0.15) is 18.6 Å². The average molecular weight is 200 g/mol. The zero-order valence-electron chi connectivity index (χ0n) is 9.26. The van der Waals surface area contributed by atoms with Gasteiger partial charge in [-0.05, 0) is 0 Å². The standard InChI is InChI=1S/C11H22N2O/c1-12-6-2-4-10(12)8-13-7-3-5-11(13)9-14/h10-11,14H,2-9H2,1H3/p+2/t10-,11+/m0/s1. The number of aliphatic hydroxyl groups excluding tert-OH is 1. The van der Waals surface area contributed by atoms with Crippen molar-refractivity contribution >= 4 is 0 Å². The summed E-state index contributed by atoms with van der Waals surface area (Å²) >= 11 is 0. The fourth-order valence-electron chi connectivity index (χ4n) is 3.14. The molecular formula is C11H24N2O+2. The minimum atomic E-state index is 0.390. The molecule has 0 aromatic heterocycles. The van der Waals surface area contributed by atoms with Gasteiger partial charge in [-0.15, -0.1) is 0 Å². The monoisotopic (exact) mass is 200 g/mol. The summed E-state index contributed by atoms with van der Waals surface area (Å²) in [6, 6.07) is 1.40. The molecule has 0 aromatic carbocycles. The fourth-order valence-corrected chi connectivity index (χ4v) is 3.14. The number of quaternary nitrogens is 2. The average Bonchev–Trinajstić information content (AvgIpc) is 2.77. The molecule has 0 amide bonds. The summed E-state index contributed by atoms with van der Waals surface area (Å²) < 4.78 is 0. The van der Waals surface area contributed by atoms with Crippen LogP contribution in [-0.2, 0) is 0 Å². The first-order valence-corrected chi connectivity index (χ1v) is 6.09. The highest BCUT2D eigenvalue weighted by molar-refractivity contribution is 4.65. The number of aliphatic hydroxyl groups is 1. The van der Waals surface area contributed by atoms with E-state index in [4.69, 9.17) is 0 Å². The van der Waals surface area contributed by atoms with Crippen molar-refractivity contribution in [3.63, 3.8) is 0 Å². The van der Waals surface area contributed by atoms with Gasteiger partial charge in [0, 0.05) is 25.7 Å². The molecule has 0 aliphatic carbocycles. The largest absolute Gasteiger partial charge is 0.390 e. The summed E-state index contributed by atoms with van der Waals surface area (Å²) in [5, 5.41) is 9.25. The van der Waals surface area contributed by atoms with Gasteiger partial charge in [-0.3, -0.25) is 0 Å². The van der Waals surface area contributed by atoms with Crippen LogP contribution in [-0.4, -0.2) is 50.5 Å². The van der Waals surface area contributed by atoms with Crippen molar-refractivity contribution in [2.45, 2.75) is 37.8 Å². The lowest BCUT2D eigenvalue weighted by Gasteiger charge is -2.24. The van der Waals surface area contributed by atoms with Crippen molar-refractivity contribution in [1.29, 1.82) is 0 Å². The quantitative estimate of drug-likeness (QED) is 0.470. The van der Waals surface area contributed by atoms with E-state index in [1.807, 2.05) is 0 Å². The van der Waals surface area contributed by atoms with Crippen molar-refractivity contribution in [1.82, 2.24) is 0 Å². The Balaban J connectivity index is 1.83. The zero-order chi connectivity index (χ0) is 9.97. The van der Waals surface area contributed by atoms with Gasteiger partial charge in [0.05, 0.1) is 26.7 Å². The van der Waals surface area contributed by atoms with Crippen LogP contribution in [0.5, 0.6) is 0 Å². The summed E-state index contributed by atoms with van der Waals surface area (Å²) in [6.45, 7) is 4.31. The number of hydrogen-bond acceptors (Lipinski definition) is 1. The second-order valence-electron chi connectivity index (χ2n) is 5.07. The summed E-state index contributed by atoms with van der Waals surface area (Å²) in [4.78, 5) is 3.37. The van der Waals surface area contributed by atoms with Gasteiger partial charge in [-0.25, -0.2) is 0 Å². The normalized spacial score (nSPS) is 43.3. The molecule has 14 heavy (non-hydrogen) atoms. The molecule has 2 fully saturated rings. The van der Waals surface area contributed by atoms with Crippen LogP contribution in [0, 0.1) is 0 Å². The molecule has 0 aromatic rings. The van der Waals surface area contributed by atoms with E-state index in [9.17, 15) is 5.11 Å². The van der Waals surface area contributed by atoms with Gasteiger partial charge < -0.3 is 14.9 Å². The van der Waals surface area contributed by atoms with Crippen molar-refractivity contribution in [2.24, 2.45) is 0 Å². The van der Waals surface area contributed by atoms with E-state index in [0.717, 1.165) is 6.04 Å². The molecule has 3 N–H and O–H groups in total. The van der Waals surface area contributed by atoms with Crippen molar-refractivity contribution in [2.75, 3.05) is 33.3 Å². The Kier molecular flexibility index (Phi) is 3.42. The third-order valence-corrected chi connectivity index (χ3v) is 4.18. The predicted octanol–water partition coefficient (Wildman–Crippen LogP) is -2.30.